The standard InChI is InChI=1S/C16H13FN2OS/c17-15-8-12(9-18)6-7-13(15)10-19-16(20)11-21-14-4-2-1-3-5-14/h1-8H,10-11H2,(H,19,20). The molecule has 2 rings (SSSR count). The predicted molar refractivity (Wildman–Crippen MR) is 80.1 cm³/mol. The number of nitrogens with zero attached hydrogens (tertiary/aromatic N) is 1. The third-order valence-electron chi connectivity index (χ3n) is 2.77. The zero-order chi connectivity index (χ0) is 15.1. The number of halogens is 1. The summed E-state index contributed by atoms with van der Waals surface area (Å²) in [6.45, 7) is 0.117. The third-order valence-corrected chi connectivity index (χ3v) is 3.78. The Balaban J connectivity index is 1.83. The molecule has 0 heterocycles. The van der Waals surface area contributed by atoms with E-state index in [1.165, 1.54) is 30.0 Å². The summed E-state index contributed by atoms with van der Waals surface area (Å²) in [6, 6.07) is 15.7. The van der Waals surface area contributed by atoms with Crippen LogP contribution in [0.15, 0.2) is 53.4 Å². The summed E-state index contributed by atoms with van der Waals surface area (Å²) in [7, 11) is 0. The highest BCUT2D eigenvalue weighted by Crippen LogP contribution is 2.16. The van der Waals surface area contributed by atoms with Crippen LogP contribution in [0.3, 0.4) is 0 Å². The Kier molecular flexibility index (Phi) is 5.35. The van der Waals surface area contributed by atoms with Crippen molar-refractivity contribution in [1.82, 2.24) is 5.32 Å². The van der Waals surface area contributed by atoms with Crippen LogP contribution in [0.4, 0.5) is 4.39 Å². The number of amides is 1. The first-order chi connectivity index (χ1) is 10.2. The van der Waals surface area contributed by atoms with E-state index < -0.39 is 5.82 Å². The van der Waals surface area contributed by atoms with E-state index >= 15 is 0 Å². The van der Waals surface area contributed by atoms with Gasteiger partial charge in [-0.1, -0.05) is 24.3 Å². The SMILES string of the molecule is N#Cc1ccc(CNC(=O)CSc2ccccc2)c(F)c1. The summed E-state index contributed by atoms with van der Waals surface area (Å²) in [4.78, 5) is 12.7. The van der Waals surface area contributed by atoms with Gasteiger partial charge in [0, 0.05) is 17.0 Å². The summed E-state index contributed by atoms with van der Waals surface area (Å²) >= 11 is 1.43. The first-order valence-electron chi connectivity index (χ1n) is 6.32. The zero-order valence-electron chi connectivity index (χ0n) is 11.2. The van der Waals surface area contributed by atoms with Crippen molar-refractivity contribution in [2.75, 3.05) is 5.75 Å². The van der Waals surface area contributed by atoms with Crippen molar-refractivity contribution in [2.45, 2.75) is 11.4 Å². The van der Waals surface area contributed by atoms with Crippen molar-refractivity contribution >= 4 is 17.7 Å². The number of thioether (sulfide) groups is 1. The number of carbonyl (C=O) groups is 1. The largest absolute Gasteiger partial charge is 0.351 e. The molecule has 0 unspecified atom stereocenters. The minimum absolute atomic E-state index is 0.117. The van der Waals surface area contributed by atoms with Crippen molar-refractivity contribution in [2.24, 2.45) is 0 Å². The third kappa shape index (κ3) is 4.62. The van der Waals surface area contributed by atoms with Crippen LogP contribution in [-0.4, -0.2) is 11.7 Å². The number of carbonyl (C=O) groups excluding carboxylic acids is 1. The van der Waals surface area contributed by atoms with Crippen LogP contribution >= 0.6 is 11.8 Å². The van der Waals surface area contributed by atoms with Gasteiger partial charge in [-0.3, -0.25) is 4.79 Å². The highest BCUT2D eigenvalue weighted by molar-refractivity contribution is 8.00. The van der Waals surface area contributed by atoms with Crippen molar-refractivity contribution in [3.63, 3.8) is 0 Å². The second-order valence-corrected chi connectivity index (χ2v) is 5.35. The Hall–Kier alpha value is -2.32. The van der Waals surface area contributed by atoms with Gasteiger partial charge in [0.2, 0.25) is 5.91 Å². The van der Waals surface area contributed by atoms with Gasteiger partial charge >= 0.3 is 0 Å². The number of nitrogens with one attached hydrogen (secondary N) is 1. The quantitative estimate of drug-likeness (QED) is 0.863. The number of nitriles is 1. The van der Waals surface area contributed by atoms with Gasteiger partial charge in [0.15, 0.2) is 0 Å². The van der Waals surface area contributed by atoms with Crippen molar-refractivity contribution < 1.29 is 9.18 Å². The van der Waals surface area contributed by atoms with Gasteiger partial charge in [0.25, 0.3) is 0 Å². The lowest BCUT2D eigenvalue weighted by Gasteiger charge is -2.06. The van der Waals surface area contributed by atoms with E-state index in [1.54, 1.807) is 0 Å². The van der Waals surface area contributed by atoms with Crippen LogP contribution in [0.1, 0.15) is 11.1 Å². The zero-order valence-corrected chi connectivity index (χ0v) is 12.0. The smallest absolute Gasteiger partial charge is 0.230 e. The van der Waals surface area contributed by atoms with Gasteiger partial charge in [-0.25, -0.2) is 4.39 Å². The number of rotatable bonds is 5. The molecule has 0 aromatic heterocycles. The van der Waals surface area contributed by atoms with Crippen molar-refractivity contribution in [1.29, 1.82) is 5.26 Å². The average molecular weight is 300 g/mol. The van der Waals surface area contributed by atoms with Crippen LogP contribution in [0.25, 0.3) is 0 Å². The molecule has 2 aromatic rings. The molecule has 21 heavy (non-hydrogen) atoms. The Labute approximate surface area is 126 Å². The van der Waals surface area contributed by atoms with Crippen molar-refractivity contribution in [3.8, 4) is 6.07 Å². The highest BCUT2D eigenvalue weighted by Gasteiger charge is 2.06. The van der Waals surface area contributed by atoms with Crippen LogP contribution in [0.2, 0.25) is 0 Å². The fourth-order valence-electron chi connectivity index (χ4n) is 1.67. The molecule has 0 bridgehead atoms. The van der Waals surface area contributed by atoms with E-state index in [2.05, 4.69) is 5.32 Å². The maximum atomic E-state index is 13.6. The number of hydrogen-bond acceptors (Lipinski definition) is 3. The molecule has 0 aliphatic heterocycles. The molecular formula is C16H13FN2OS. The molecule has 1 amide bonds. The Bertz CT molecular complexity index is 668. The van der Waals surface area contributed by atoms with Gasteiger partial charge < -0.3 is 5.32 Å². The average Bonchev–Trinajstić information content (AvgIpc) is 2.52. The lowest BCUT2D eigenvalue weighted by atomic mass is 10.1. The first kappa shape index (κ1) is 15.1. The molecular weight excluding hydrogens is 287 g/mol. The molecule has 1 N–H and O–H groups in total. The molecule has 0 radical (unpaired) electrons. The van der Waals surface area contributed by atoms with Crippen LogP contribution in [0, 0.1) is 17.1 Å². The maximum Gasteiger partial charge on any atom is 0.230 e. The molecule has 5 heteroatoms. The van der Waals surface area contributed by atoms with Gasteiger partial charge in [0.05, 0.1) is 17.4 Å². The Morgan fingerprint density at radius 3 is 2.67 bits per heavy atom. The Morgan fingerprint density at radius 1 is 1.24 bits per heavy atom. The fourth-order valence-corrected chi connectivity index (χ4v) is 2.42. The van der Waals surface area contributed by atoms with Gasteiger partial charge in [-0.2, -0.15) is 5.26 Å². The minimum Gasteiger partial charge on any atom is -0.351 e. The van der Waals surface area contributed by atoms with Gasteiger partial charge in [0.1, 0.15) is 5.82 Å². The molecule has 0 atom stereocenters. The molecule has 0 aliphatic carbocycles. The van der Waals surface area contributed by atoms with Crippen LogP contribution in [0.5, 0.6) is 0 Å². The van der Waals surface area contributed by atoms with E-state index in [1.807, 2.05) is 36.4 Å². The summed E-state index contributed by atoms with van der Waals surface area (Å²) in [5.74, 6) is -0.361. The molecule has 0 saturated heterocycles. The Morgan fingerprint density at radius 2 is 2.00 bits per heavy atom. The lowest BCUT2D eigenvalue weighted by molar-refractivity contribution is -0.118. The van der Waals surface area contributed by atoms with E-state index in [9.17, 15) is 9.18 Å². The van der Waals surface area contributed by atoms with Crippen molar-refractivity contribution in [3.05, 3.63) is 65.5 Å². The molecule has 0 saturated carbocycles. The van der Waals surface area contributed by atoms with E-state index in [-0.39, 0.29) is 23.8 Å². The second kappa shape index (κ2) is 7.46. The monoisotopic (exact) mass is 300 g/mol. The van der Waals surface area contributed by atoms with E-state index in [0.29, 0.717) is 5.56 Å². The summed E-state index contributed by atoms with van der Waals surface area (Å²) in [6.07, 6.45) is 0. The molecule has 0 fully saturated rings. The van der Waals surface area contributed by atoms with Gasteiger partial charge in [-0.05, 0) is 24.3 Å². The summed E-state index contributed by atoms with van der Waals surface area (Å²) < 4.78 is 13.6. The molecule has 2 aromatic carbocycles. The van der Waals surface area contributed by atoms with E-state index in [0.717, 1.165) is 4.90 Å². The van der Waals surface area contributed by atoms with Gasteiger partial charge in [-0.15, -0.1) is 11.8 Å². The highest BCUT2D eigenvalue weighted by atomic mass is 32.2. The second-order valence-electron chi connectivity index (χ2n) is 4.30. The minimum atomic E-state index is -0.481. The van der Waals surface area contributed by atoms with Crippen LogP contribution < -0.4 is 5.32 Å². The van der Waals surface area contributed by atoms with E-state index in [4.69, 9.17) is 5.26 Å². The summed E-state index contributed by atoms with van der Waals surface area (Å²) in [5.41, 5.74) is 0.634. The summed E-state index contributed by atoms with van der Waals surface area (Å²) in [5, 5.41) is 11.3. The molecule has 106 valence electrons. The lowest BCUT2D eigenvalue weighted by Crippen LogP contribution is -2.25. The van der Waals surface area contributed by atoms with Crippen LogP contribution in [-0.2, 0) is 11.3 Å². The predicted octanol–water partition coefficient (Wildman–Crippen LogP) is 3.11. The first-order valence-corrected chi connectivity index (χ1v) is 7.30. The number of benzene rings is 2. The molecule has 3 nitrogen and oxygen atoms in total. The molecule has 0 aliphatic rings. The maximum absolute atomic E-state index is 13.6. The fraction of sp³-hybridized carbons (Fsp3) is 0.125. The number of hydrogen-bond donors (Lipinski definition) is 1. The molecule has 0 spiro atoms. The normalized spacial score (nSPS) is 9.90. The topological polar surface area (TPSA) is 52.9 Å².